The molecule has 0 aliphatic heterocycles. The number of nitrogens with two attached hydrogens (primary N) is 1. The van der Waals surface area contributed by atoms with Crippen molar-refractivity contribution in [2.75, 3.05) is 11.9 Å². The average Bonchev–Trinajstić information content (AvgIpc) is 2.02. The fourth-order valence-electron chi connectivity index (χ4n) is 1.00. The Balaban J connectivity index is 2.51. The molecule has 0 fully saturated rings. The highest BCUT2D eigenvalue weighted by molar-refractivity contribution is 5.44. The van der Waals surface area contributed by atoms with E-state index in [1.54, 1.807) is 0 Å². The zero-order valence-corrected chi connectivity index (χ0v) is 8.59. The highest BCUT2D eigenvalue weighted by Crippen LogP contribution is 2.09. The van der Waals surface area contributed by atoms with Gasteiger partial charge in [-0.25, -0.2) is 0 Å². The normalized spacial score (nSPS) is 11.4. The zero-order chi connectivity index (χ0) is 9.90. The molecule has 1 aromatic rings. The SMILES string of the molecule is Cc1ccc(NCC(C)(C)N)cc1. The fraction of sp³-hybridized carbons (Fsp3) is 0.455. The molecule has 72 valence electrons. The summed E-state index contributed by atoms with van der Waals surface area (Å²) in [4.78, 5) is 0. The van der Waals surface area contributed by atoms with E-state index in [2.05, 4.69) is 36.5 Å². The molecule has 0 heterocycles. The zero-order valence-electron chi connectivity index (χ0n) is 8.59. The average molecular weight is 178 g/mol. The Kier molecular flexibility index (Phi) is 2.94. The van der Waals surface area contributed by atoms with Crippen molar-refractivity contribution in [1.82, 2.24) is 0 Å². The molecule has 0 saturated carbocycles. The summed E-state index contributed by atoms with van der Waals surface area (Å²) in [6.45, 7) is 6.88. The number of aryl methyl sites for hydroxylation is 1. The van der Waals surface area contributed by atoms with Gasteiger partial charge in [-0.05, 0) is 32.9 Å². The van der Waals surface area contributed by atoms with Gasteiger partial charge < -0.3 is 11.1 Å². The molecular weight excluding hydrogens is 160 g/mol. The monoisotopic (exact) mass is 178 g/mol. The minimum atomic E-state index is -0.162. The van der Waals surface area contributed by atoms with Gasteiger partial charge in [0, 0.05) is 17.8 Å². The van der Waals surface area contributed by atoms with E-state index in [9.17, 15) is 0 Å². The molecule has 2 heteroatoms. The lowest BCUT2D eigenvalue weighted by atomic mass is 10.1. The Morgan fingerprint density at radius 2 is 1.77 bits per heavy atom. The van der Waals surface area contributed by atoms with E-state index in [1.165, 1.54) is 5.56 Å². The van der Waals surface area contributed by atoms with Gasteiger partial charge in [0.25, 0.3) is 0 Å². The molecule has 13 heavy (non-hydrogen) atoms. The van der Waals surface area contributed by atoms with Crippen molar-refractivity contribution < 1.29 is 0 Å². The molecule has 0 radical (unpaired) electrons. The number of hydrogen-bond acceptors (Lipinski definition) is 2. The number of benzene rings is 1. The van der Waals surface area contributed by atoms with Gasteiger partial charge in [0.05, 0.1) is 0 Å². The minimum Gasteiger partial charge on any atom is -0.383 e. The summed E-state index contributed by atoms with van der Waals surface area (Å²) in [5.41, 5.74) is 8.09. The van der Waals surface area contributed by atoms with Gasteiger partial charge in [-0.2, -0.15) is 0 Å². The second-order valence-electron chi connectivity index (χ2n) is 4.21. The van der Waals surface area contributed by atoms with Gasteiger partial charge in [-0.15, -0.1) is 0 Å². The van der Waals surface area contributed by atoms with Crippen molar-refractivity contribution in [1.29, 1.82) is 0 Å². The maximum Gasteiger partial charge on any atom is 0.0340 e. The molecule has 1 aromatic carbocycles. The fourth-order valence-corrected chi connectivity index (χ4v) is 1.00. The van der Waals surface area contributed by atoms with Crippen LogP contribution in [0.5, 0.6) is 0 Å². The first-order valence-electron chi connectivity index (χ1n) is 4.57. The van der Waals surface area contributed by atoms with Crippen LogP contribution < -0.4 is 11.1 Å². The molecule has 0 saturated heterocycles. The summed E-state index contributed by atoms with van der Waals surface area (Å²) in [5, 5.41) is 3.29. The number of anilines is 1. The molecule has 0 bridgehead atoms. The molecule has 0 unspecified atom stereocenters. The lowest BCUT2D eigenvalue weighted by molar-refractivity contribution is 0.549. The van der Waals surface area contributed by atoms with Crippen molar-refractivity contribution in [2.24, 2.45) is 5.73 Å². The van der Waals surface area contributed by atoms with Crippen LogP contribution in [0.4, 0.5) is 5.69 Å². The first-order chi connectivity index (χ1) is 5.97. The second kappa shape index (κ2) is 3.79. The van der Waals surface area contributed by atoms with Crippen molar-refractivity contribution in [3.8, 4) is 0 Å². The minimum absolute atomic E-state index is 0.162. The standard InChI is InChI=1S/C11H18N2/c1-9-4-6-10(7-5-9)13-8-11(2,3)12/h4-7,13H,8,12H2,1-3H3. The van der Waals surface area contributed by atoms with Crippen molar-refractivity contribution in [2.45, 2.75) is 26.3 Å². The summed E-state index contributed by atoms with van der Waals surface area (Å²) in [7, 11) is 0. The summed E-state index contributed by atoms with van der Waals surface area (Å²) in [6.07, 6.45) is 0. The predicted octanol–water partition coefficient (Wildman–Crippen LogP) is 2.14. The molecule has 0 atom stereocenters. The topological polar surface area (TPSA) is 38.0 Å². The number of rotatable bonds is 3. The Hall–Kier alpha value is -1.02. The van der Waals surface area contributed by atoms with E-state index in [1.807, 2.05) is 13.8 Å². The van der Waals surface area contributed by atoms with Crippen LogP contribution in [0.1, 0.15) is 19.4 Å². The molecule has 0 aliphatic carbocycles. The van der Waals surface area contributed by atoms with E-state index in [-0.39, 0.29) is 5.54 Å². The van der Waals surface area contributed by atoms with E-state index in [4.69, 9.17) is 5.73 Å². The molecule has 0 aromatic heterocycles. The molecule has 1 rings (SSSR count). The Morgan fingerprint density at radius 3 is 2.23 bits per heavy atom. The highest BCUT2D eigenvalue weighted by Gasteiger charge is 2.08. The van der Waals surface area contributed by atoms with Crippen LogP contribution in [-0.4, -0.2) is 12.1 Å². The van der Waals surface area contributed by atoms with E-state index < -0.39 is 0 Å². The van der Waals surface area contributed by atoms with Gasteiger partial charge in [-0.3, -0.25) is 0 Å². The molecule has 0 amide bonds. The van der Waals surface area contributed by atoms with Gasteiger partial charge >= 0.3 is 0 Å². The van der Waals surface area contributed by atoms with E-state index >= 15 is 0 Å². The van der Waals surface area contributed by atoms with Crippen molar-refractivity contribution in [3.63, 3.8) is 0 Å². The van der Waals surface area contributed by atoms with Crippen LogP contribution in [-0.2, 0) is 0 Å². The van der Waals surface area contributed by atoms with Crippen LogP contribution in [0.2, 0.25) is 0 Å². The van der Waals surface area contributed by atoms with Gasteiger partial charge in [-0.1, -0.05) is 17.7 Å². The molecule has 2 nitrogen and oxygen atoms in total. The van der Waals surface area contributed by atoms with Crippen molar-refractivity contribution in [3.05, 3.63) is 29.8 Å². The third-order valence-electron chi connectivity index (χ3n) is 1.80. The molecule has 0 aliphatic rings. The first kappa shape index (κ1) is 10.1. The second-order valence-corrected chi connectivity index (χ2v) is 4.21. The van der Waals surface area contributed by atoms with Gasteiger partial charge in [0.1, 0.15) is 0 Å². The van der Waals surface area contributed by atoms with Crippen molar-refractivity contribution >= 4 is 5.69 Å². The Bertz CT molecular complexity index is 256. The third kappa shape index (κ3) is 3.95. The number of nitrogens with one attached hydrogen (secondary N) is 1. The quantitative estimate of drug-likeness (QED) is 0.744. The summed E-state index contributed by atoms with van der Waals surface area (Å²) >= 11 is 0. The number of hydrogen-bond donors (Lipinski definition) is 2. The maximum atomic E-state index is 5.85. The van der Waals surface area contributed by atoms with Crippen LogP contribution in [0.3, 0.4) is 0 Å². The van der Waals surface area contributed by atoms with Crippen LogP contribution in [0, 0.1) is 6.92 Å². The first-order valence-corrected chi connectivity index (χ1v) is 4.57. The van der Waals surface area contributed by atoms with Crippen LogP contribution in [0.15, 0.2) is 24.3 Å². The van der Waals surface area contributed by atoms with Gasteiger partial charge in [0.2, 0.25) is 0 Å². The van der Waals surface area contributed by atoms with E-state index in [0.29, 0.717) is 0 Å². The van der Waals surface area contributed by atoms with Gasteiger partial charge in [0.15, 0.2) is 0 Å². The Labute approximate surface area is 80.1 Å². The van der Waals surface area contributed by atoms with Crippen LogP contribution >= 0.6 is 0 Å². The van der Waals surface area contributed by atoms with E-state index in [0.717, 1.165) is 12.2 Å². The Morgan fingerprint density at radius 1 is 1.23 bits per heavy atom. The summed E-state index contributed by atoms with van der Waals surface area (Å²) in [6, 6.07) is 8.32. The maximum absolute atomic E-state index is 5.85. The third-order valence-corrected chi connectivity index (χ3v) is 1.80. The molecule has 3 N–H and O–H groups in total. The summed E-state index contributed by atoms with van der Waals surface area (Å²) in [5.74, 6) is 0. The predicted molar refractivity (Wildman–Crippen MR) is 57.9 cm³/mol. The lowest BCUT2D eigenvalue weighted by Gasteiger charge is -2.19. The summed E-state index contributed by atoms with van der Waals surface area (Å²) < 4.78 is 0. The van der Waals surface area contributed by atoms with Crippen LogP contribution in [0.25, 0.3) is 0 Å². The highest BCUT2D eigenvalue weighted by atomic mass is 14.9. The lowest BCUT2D eigenvalue weighted by Crippen LogP contribution is -2.39. The largest absolute Gasteiger partial charge is 0.383 e. The smallest absolute Gasteiger partial charge is 0.0340 e. The molecular formula is C11H18N2. The molecule has 0 spiro atoms.